The Morgan fingerprint density at radius 2 is 1.95 bits per heavy atom. The zero-order valence-corrected chi connectivity index (χ0v) is 23.4. The first-order chi connectivity index (χ1) is 18.6. The number of aryl methyl sites for hydroxylation is 1. The van der Waals surface area contributed by atoms with Gasteiger partial charge in [-0.3, -0.25) is 9.47 Å². The van der Waals surface area contributed by atoms with Crippen molar-refractivity contribution in [3.8, 4) is 0 Å². The molecule has 5 rings (SSSR count). The van der Waals surface area contributed by atoms with Gasteiger partial charge >= 0.3 is 12.2 Å². The maximum Gasteiger partial charge on any atom is 0.417 e. The highest BCUT2D eigenvalue weighted by Gasteiger charge is 2.35. The van der Waals surface area contributed by atoms with Crippen LogP contribution in [0.15, 0.2) is 65.3 Å². The third kappa shape index (κ3) is 6.05. The molecule has 0 bridgehead atoms. The van der Waals surface area contributed by atoms with E-state index >= 15 is 0 Å². The SMILES string of the molecule is Cc1ccc(/C=C/CN2CCc3c(c4cc(Br)c(C(F)(F)F)cc4n3C(=O)NCc3ccnc(Cl)c3)C2)cc1. The van der Waals surface area contributed by atoms with E-state index in [1.807, 2.05) is 6.92 Å². The zero-order valence-electron chi connectivity index (χ0n) is 21.0. The number of benzene rings is 2. The molecule has 2 aromatic carbocycles. The third-order valence-electron chi connectivity index (χ3n) is 6.81. The van der Waals surface area contributed by atoms with Gasteiger partial charge in [-0.05, 0) is 47.9 Å². The van der Waals surface area contributed by atoms with Crippen LogP contribution in [0.5, 0.6) is 0 Å². The second-order valence-electron chi connectivity index (χ2n) is 9.55. The smallest absolute Gasteiger partial charge is 0.333 e. The largest absolute Gasteiger partial charge is 0.417 e. The van der Waals surface area contributed by atoms with Crippen LogP contribution in [0.25, 0.3) is 17.0 Å². The van der Waals surface area contributed by atoms with Gasteiger partial charge in [0.1, 0.15) is 5.15 Å². The number of hydrogen-bond donors (Lipinski definition) is 1. The molecule has 1 amide bonds. The van der Waals surface area contributed by atoms with Gasteiger partial charge in [-0.25, -0.2) is 9.78 Å². The van der Waals surface area contributed by atoms with Crippen LogP contribution in [-0.2, 0) is 25.7 Å². The standard InChI is InChI=1S/C29H25BrClF3N4O/c1-18-4-6-19(7-5-18)3-2-11-37-12-9-25-22(17-37)21-14-24(30)23(29(32,33)34)15-26(21)38(25)28(39)36-16-20-8-10-35-27(31)13-20/h2-8,10,13-15H,9,11-12,16-17H2,1H3,(H,36,39)/b3-2+. The molecule has 0 aliphatic carbocycles. The van der Waals surface area contributed by atoms with Crippen LogP contribution in [0.4, 0.5) is 18.0 Å². The summed E-state index contributed by atoms with van der Waals surface area (Å²) < 4.78 is 42.7. The van der Waals surface area contributed by atoms with Crippen molar-refractivity contribution < 1.29 is 18.0 Å². The molecular formula is C29H25BrClF3N4O. The highest BCUT2D eigenvalue weighted by molar-refractivity contribution is 9.10. The lowest BCUT2D eigenvalue weighted by molar-refractivity contribution is -0.138. The van der Waals surface area contributed by atoms with Gasteiger partial charge in [0.05, 0.1) is 11.1 Å². The van der Waals surface area contributed by atoms with E-state index in [9.17, 15) is 18.0 Å². The number of carbonyl (C=O) groups excluding carboxylic acids is 1. The minimum atomic E-state index is -4.57. The molecule has 0 fully saturated rings. The maximum absolute atomic E-state index is 13.8. The van der Waals surface area contributed by atoms with E-state index in [1.165, 1.54) is 22.4 Å². The van der Waals surface area contributed by atoms with Crippen LogP contribution in [0, 0.1) is 6.92 Å². The van der Waals surface area contributed by atoms with Crippen LogP contribution < -0.4 is 5.32 Å². The van der Waals surface area contributed by atoms with Crippen LogP contribution in [0.3, 0.4) is 0 Å². The van der Waals surface area contributed by atoms with Gasteiger partial charge in [0, 0.05) is 54.3 Å². The van der Waals surface area contributed by atoms with Gasteiger partial charge < -0.3 is 5.32 Å². The van der Waals surface area contributed by atoms with Gasteiger partial charge in [0.25, 0.3) is 0 Å². The van der Waals surface area contributed by atoms with E-state index in [1.54, 1.807) is 12.1 Å². The molecule has 4 aromatic rings. The third-order valence-corrected chi connectivity index (χ3v) is 7.67. The second-order valence-corrected chi connectivity index (χ2v) is 10.8. The molecule has 3 heterocycles. The Bertz CT molecular complexity index is 1560. The summed E-state index contributed by atoms with van der Waals surface area (Å²) in [5, 5.41) is 3.75. The Kier molecular flexibility index (Phi) is 7.84. The number of fused-ring (bicyclic) bond motifs is 3. The summed E-state index contributed by atoms with van der Waals surface area (Å²) in [7, 11) is 0. The number of alkyl halides is 3. The van der Waals surface area contributed by atoms with E-state index in [2.05, 4.69) is 67.5 Å². The summed E-state index contributed by atoms with van der Waals surface area (Å²) in [6.07, 6.45) is 1.63. The fourth-order valence-electron chi connectivity index (χ4n) is 4.86. The summed E-state index contributed by atoms with van der Waals surface area (Å²) in [5.74, 6) is 0. The molecule has 0 radical (unpaired) electrons. The van der Waals surface area contributed by atoms with Gasteiger partial charge in [-0.2, -0.15) is 13.2 Å². The van der Waals surface area contributed by atoms with E-state index in [0.29, 0.717) is 36.6 Å². The molecule has 0 atom stereocenters. The fourth-order valence-corrected chi connectivity index (χ4v) is 5.62. The van der Waals surface area contributed by atoms with Gasteiger partial charge in [0.15, 0.2) is 0 Å². The number of halogens is 5. The molecule has 1 aliphatic rings. The van der Waals surface area contributed by atoms with E-state index in [4.69, 9.17) is 11.6 Å². The minimum absolute atomic E-state index is 0.0503. The molecule has 1 N–H and O–H groups in total. The monoisotopic (exact) mass is 616 g/mol. The first-order valence-corrected chi connectivity index (χ1v) is 13.5. The summed E-state index contributed by atoms with van der Waals surface area (Å²) >= 11 is 9.06. The number of pyridine rings is 1. The molecule has 0 spiro atoms. The average molecular weight is 618 g/mol. The molecular weight excluding hydrogens is 593 g/mol. The molecule has 10 heteroatoms. The van der Waals surface area contributed by atoms with Crippen molar-refractivity contribution in [3.63, 3.8) is 0 Å². The van der Waals surface area contributed by atoms with Gasteiger partial charge in [-0.15, -0.1) is 0 Å². The summed E-state index contributed by atoms with van der Waals surface area (Å²) in [5.41, 5.74) is 4.03. The molecule has 0 unspecified atom stereocenters. The molecule has 1 aliphatic heterocycles. The van der Waals surface area contributed by atoms with Crippen molar-refractivity contribution in [2.24, 2.45) is 0 Å². The molecule has 5 nitrogen and oxygen atoms in total. The first-order valence-electron chi connectivity index (χ1n) is 12.4. The Hall–Kier alpha value is -3.14. The van der Waals surface area contributed by atoms with Crippen LogP contribution in [0.1, 0.15) is 33.5 Å². The number of nitrogens with zero attached hydrogens (tertiary/aromatic N) is 3. The maximum atomic E-state index is 13.8. The van der Waals surface area contributed by atoms with Crippen LogP contribution in [0.2, 0.25) is 5.15 Å². The van der Waals surface area contributed by atoms with E-state index in [0.717, 1.165) is 28.5 Å². The number of aromatic nitrogens is 2. The average Bonchev–Trinajstić information content (AvgIpc) is 3.20. The Labute approximate surface area is 237 Å². The number of carbonyl (C=O) groups is 1. The predicted molar refractivity (Wildman–Crippen MR) is 151 cm³/mol. The molecule has 202 valence electrons. The normalized spacial score (nSPS) is 14.2. The van der Waals surface area contributed by atoms with Gasteiger partial charge in [-0.1, -0.05) is 69.5 Å². The molecule has 0 saturated heterocycles. The summed E-state index contributed by atoms with van der Waals surface area (Å²) in [6.45, 7) is 4.06. The minimum Gasteiger partial charge on any atom is -0.333 e. The lowest BCUT2D eigenvalue weighted by Crippen LogP contribution is -2.34. The lowest BCUT2D eigenvalue weighted by Gasteiger charge is -2.27. The Morgan fingerprint density at radius 3 is 2.67 bits per heavy atom. The van der Waals surface area contributed by atoms with E-state index in [-0.39, 0.29) is 16.5 Å². The lowest BCUT2D eigenvalue weighted by atomic mass is 10.0. The van der Waals surface area contributed by atoms with Crippen molar-refractivity contribution >= 4 is 50.5 Å². The van der Waals surface area contributed by atoms with Crippen molar-refractivity contribution in [2.45, 2.75) is 32.6 Å². The summed E-state index contributed by atoms with van der Waals surface area (Å²) in [4.78, 5) is 19.6. The first kappa shape index (κ1) is 27.4. The number of nitrogens with one attached hydrogen (secondary N) is 1. The van der Waals surface area contributed by atoms with Crippen molar-refractivity contribution in [1.29, 1.82) is 0 Å². The molecule has 2 aromatic heterocycles. The molecule has 39 heavy (non-hydrogen) atoms. The number of rotatable bonds is 5. The Morgan fingerprint density at radius 1 is 1.18 bits per heavy atom. The predicted octanol–water partition coefficient (Wildman–Crippen LogP) is 7.61. The van der Waals surface area contributed by atoms with E-state index < -0.39 is 17.8 Å². The topological polar surface area (TPSA) is 50.2 Å². The van der Waals surface area contributed by atoms with Crippen molar-refractivity contribution in [2.75, 3.05) is 13.1 Å². The Balaban J connectivity index is 1.46. The van der Waals surface area contributed by atoms with Crippen molar-refractivity contribution in [3.05, 3.63) is 104 Å². The van der Waals surface area contributed by atoms with Crippen LogP contribution in [-0.4, -0.2) is 33.6 Å². The quantitative estimate of drug-likeness (QED) is 0.235. The molecule has 0 saturated carbocycles. The fraction of sp³-hybridized carbons (Fsp3) is 0.241. The number of hydrogen-bond acceptors (Lipinski definition) is 3. The highest BCUT2D eigenvalue weighted by atomic mass is 79.9. The van der Waals surface area contributed by atoms with Crippen LogP contribution >= 0.6 is 27.5 Å². The summed E-state index contributed by atoms with van der Waals surface area (Å²) in [6, 6.07) is 13.6. The second kappa shape index (κ2) is 11.2. The van der Waals surface area contributed by atoms with Gasteiger partial charge in [0.2, 0.25) is 0 Å². The van der Waals surface area contributed by atoms with Crippen molar-refractivity contribution in [1.82, 2.24) is 19.8 Å². The zero-order chi connectivity index (χ0) is 27.7. The highest BCUT2D eigenvalue weighted by Crippen LogP contribution is 2.40. The number of amides is 1.